The molecule has 2 N–H and O–H groups in total. The number of rotatable bonds is 6. The first-order valence-electron chi connectivity index (χ1n) is 10.2. The Morgan fingerprint density at radius 3 is 2.44 bits per heavy atom. The van der Waals surface area contributed by atoms with Gasteiger partial charge >= 0.3 is 0 Å². The van der Waals surface area contributed by atoms with Crippen LogP contribution in [-0.2, 0) is 13.1 Å². The number of aromatic nitrogens is 4. The van der Waals surface area contributed by atoms with E-state index in [9.17, 15) is 17.6 Å². The molecule has 0 saturated carbocycles. The van der Waals surface area contributed by atoms with E-state index in [0.717, 1.165) is 22.6 Å². The second kappa shape index (κ2) is 9.64. The largest absolute Gasteiger partial charge is 0.330 e. The van der Waals surface area contributed by atoms with Crippen LogP contribution >= 0.6 is 12.2 Å². The standard InChI is InChI=1S/C23H20F4N6S/c1-13-22(14(2)33(31-13)10-15-6-4-3-5-7-15)30-23(34)29-16-9-28-32(11-16)12-17-18(24)8-19(25)21(27)20(17)26/h3-9,11H,10,12H2,1-2H3,(H2,29,30,34). The summed E-state index contributed by atoms with van der Waals surface area (Å²) in [5.41, 5.74) is 3.33. The van der Waals surface area contributed by atoms with Crippen molar-refractivity contribution in [1.29, 1.82) is 0 Å². The molecule has 0 atom stereocenters. The Hall–Kier alpha value is -3.73. The van der Waals surface area contributed by atoms with Gasteiger partial charge in [-0.05, 0) is 31.6 Å². The van der Waals surface area contributed by atoms with Gasteiger partial charge in [-0.15, -0.1) is 0 Å². The third-order valence-electron chi connectivity index (χ3n) is 5.22. The predicted octanol–water partition coefficient (Wildman–Crippen LogP) is 5.16. The molecule has 0 saturated heterocycles. The Kier molecular flexibility index (Phi) is 6.64. The van der Waals surface area contributed by atoms with Crippen molar-refractivity contribution in [3.05, 3.63) is 94.6 Å². The SMILES string of the molecule is Cc1nn(Cc2ccccc2)c(C)c1NC(=S)Nc1cnn(Cc2c(F)cc(F)c(F)c2F)c1. The highest BCUT2D eigenvalue weighted by Crippen LogP contribution is 2.22. The van der Waals surface area contributed by atoms with E-state index in [2.05, 4.69) is 20.8 Å². The van der Waals surface area contributed by atoms with Crippen molar-refractivity contribution in [2.45, 2.75) is 26.9 Å². The number of nitrogens with zero attached hydrogens (tertiary/aromatic N) is 4. The second-order valence-electron chi connectivity index (χ2n) is 7.64. The number of anilines is 2. The van der Waals surface area contributed by atoms with Gasteiger partial charge < -0.3 is 10.6 Å². The number of hydrogen-bond acceptors (Lipinski definition) is 3. The lowest BCUT2D eigenvalue weighted by molar-refractivity contribution is 0.420. The predicted molar refractivity (Wildman–Crippen MR) is 125 cm³/mol. The number of thiocarbonyl (C=S) groups is 1. The molecule has 0 unspecified atom stereocenters. The first kappa shape index (κ1) is 23.4. The average Bonchev–Trinajstić information content (AvgIpc) is 3.35. The van der Waals surface area contributed by atoms with Crippen molar-refractivity contribution in [2.75, 3.05) is 10.6 Å². The normalized spacial score (nSPS) is 11.0. The molecule has 0 aliphatic rings. The summed E-state index contributed by atoms with van der Waals surface area (Å²) in [5.74, 6) is -6.10. The van der Waals surface area contributed by atoms with Crippen LogP contribution in [0, 0.1) is 37.1 Å². The summed E-state index contributed by atoms with van der Waals surface area (Å²) in [6.07, 6.45) is 2.83. The van der Waals surface area contributed by atoms with E-state index in [0.29, 0.717) is 18.3 Å². The molecule has 0 spiro atoms. The van der Waals surface area contributed by atoms with Crippen molar-refractivity contribution in [3.8, 4) is 0 Å². The zero-order chi connectivity index (χ0) is 24.4. The summed E-state index contributed by atoms with van der Waals surface area (Å²) in [6.45, 7) is 3.97. The Morgan fingerprint density at radius 1 is 0.971 bits per heavy atom. The molecule has 176 valence electrons. The maximum Gasteiger partial charge on any atom is 0.194 e. The number of aryl methyl sites for hydroxylation is 1. The van der Waals surface area contributed by atoms with Crippen LogP contribution < -0.4 is 10.6 Å². The molecule has 4 aromatic rings. The molecule has 4 rings (SSSR count). The van der Waals surface area contributed by atoms with Crippen LogP contribution in [0.2, 0.25) is 0 Å². The van der Waals surface area contributed by atoms with E-state index in [1.54, 1.807) is 0 Å². The van der Waals surface area contributed by atoms with Gasteiger partial charge in [0, 0.05) is 17.8 Å². The highest BCUT2D eigenvalue weighted by molar-refractivity contribution is 7.80. The number of benzene rings is 2. The van der Waals surface area contributed by atoms with E-state index < -0.39 is 35.4 Å². The van der Waals surface area contributed by atoms with Crippen molar-refractivity contribution < 1.29 is 17.6 Å². The minimum atomic E-state index is -1.73. The quantitative estimate of drug-likeness (QED) is 0.170. The van der Waals surface area contributed by atoms with Crippen LogP contribution in [0.4, 0.5) is 28.9 Å². The van der Waals surface area contributed by atoms with Gasteiger partial charge in [-0.2, -0.15) is 10.2 Å². The summed E-state index contributed by atoms with van der Waals surface area (Å²) in [7, 11) is 0. The molecule has 0 amide bonds. The van der Waals surface area contributed by atoms with Gasteiger partial charge in [-0.25, -0.2) is 17.6 Å². The highest BCUT2D eigenvalue weighted by atomic mass is 32.1. The van der Waals surface area contributed by atoms with E-state index in [1.807, 2.05) is 48.9 Å². The summed E-state index contributed by atoms with van der Waals surface area (Å²) in [5, 5.41) is 14.9. The zero-order valence-corrected chi connectivity index (χ0v) is 19.1. The average molecular weight is 489 g/mol. The summed E-state index contributed by atoms with van der Waals surface area (Å²) < 4.78 is 57.5. The molecule has 0 fully saturated rings. The molecule has 0 bridgehead atoms. The Balaban J connectivity index is 1.43. The van der Waals surface area contributed by atoms with Crippen LogP contribution in [0.3, 0.4) is 0 Å². The Labute approximate surface area is 198 Å². The van der Waals surface area contributed by atoms with Crippen LogP contribution in [0.5, 0.6) is 0 Å². The third-order valence-corrected chi connectivity index (χ3v) is 5.42. The summed E-state index contributed by atoms with van der Waals surface area (Å²) in [4.78, 5) is 0. The number of nitrogens with one attached hydrogen (secondary N) is 2. The monoisotopic (exact) mass is 488 g/mol. The molecule has 0 radical (unpaired) electrons. The van der Waals surface area contributed by atoms with E-state index >= 15 is 0 Å². The smallest absolute Gasteiger partial charge is 0.194 e. The fourth-order valence-electron chi connectivity index (χ4n) is 3.49. The van der Waals surface area contributed by atoms with E-state index in [4.69, 9.17) is 12.2 Å². The molecule has 34 heavy (non-hydrogen) atoms. The second-order valence-corrected chi connectivity index (χ2v) is 8.05. The first-order chi connectivity index (χ1) is 16.2. The van der Waals surface area contributed by atoms with Crippen LogP contribution in [0.15, 0.2) is 48.8 Å². The van der Waals surface area contributed by atoms with Gasteiger partial charge in [0.05, 0.1) is 42.0 Å². The topological polar surface area (TPSA) is 59.7 Å². The molecule has 6 nitrogen and oxygen atoms in total. The lowest BCUT2D eigenvalue weighted by atomic mass is 10.2. The van der Waals surface area contributed by atoms with Crippen LogP contribution in [-0.4, -0.2) is 24.7 Å². The minimum absolute atomic E-state index is 0.259. The van der Waals surface area contributed by atoms with Gasteiger partial charge in [-0.1, -0.05) is 30.3 Å². The first-order valence-corrected chi connectivity index (χ1v) is 10.6. The zero-order valence-electron chi connectivity index (χ0n) is 18.2. The lowest BCUT2D eigenvalue weighted by Gasteiger charge is -2.10. The van der Waals surface area contributed by atoms with Crippen molar-refractivity contribution in [3.63, 3.8) is 0 Å². The molecule has 2 aromatic heterocycles. The van der Waals surface area contributed by atoms with Gasteiger partial charge in [0.25, 0.3) is 0 Å². The summed E-state index contributed by atoms with van der Waals surface area (Å²) in [6, 6.07) is 10.2. The molecule has 2 heterocycles. The van der Waals surface area contributed by atoms with Crippen molar-refractivity contribution in [1.82, 2.24) is 19.6 Å². The highest BCUT2D eigenvalue weighted by Gasteiger charge is 2.20. The van der Waals surface area contributed by atoms with E-state index in [1.165, 1.54) is 17.1 Å². The van der Waals surface area contributed by atoms with Crippen molar-refractivity contribution >= 4 is 28.7 Å². The Bertz CT molecular complexity index is 1350. The minimum Gasteiger partial charge on any atom is -0.330 e. The van der Waals surface area contributed by atoms with Gasteiger partial charge in [0.1, 0.15) is 5.82 Å². The van der Waals surface area contributed by atoms with Crippen LogP contribution in [0.25, 0.3) is 0 Å². The fraction of sp³-hybridized carbons (Fsp3) is 0.174. The molecular formula is C23H20F4N6S. The summed E-state index contributed by atoms with van der Waals surface area (Å²) >= 11 is 5.38. The van der Waals surface area contributed by atoms with Gasteiger partial charge in [-0.3, -0.25) is 9.36 Å². The maximum absolute atomic E-state index is 13.9. The molecule has 0 aliphatic carbocycles. The molecule has 2 aromatic carbocycles. The maximum atomic E-state index is 13.9. The van der Waals surface area contributed by atoms with E-state index in [-0.39, 0.29) is 5.11 Å². The van der Waals surface area contributed by atoms with Gasteiger partial charge in [0.15, 0.2) is 22.6 Å². The fourth-order valence-corrected chi connectivity index (χ4v) is 3.71. The number of hydrogen-bond donors (Lipinski definition) is 2. The van der Waals surface area contributed by atoms with Crippen molar-refractivity contribution in [2.24, 2.45) is 0 Å². The number of halogens is 4. The van der Waals surface area contributed by atoms with Gasteiger partial charge in [0.2, 0.25) is 0 Å². The molecular weight excluding hydrogens is 468 g/mol. The van der Waals surface area contributed by atoms with Crippen LogP contribution in [0.1, 0.15) is 22.5 Å². The third kappa shape index (κ3) is 4.93. The Morgan fingerprint density at radius 2 is 1.71 bits per heavy atom. The molecule has 11 heteroatoms. The lowest BCUT2D eigenvalue weighted by Crippen LogP contribution is -2.19. The molecule has 0 aliphatic heterocycles.